The van der Waals surface area contributed by atoms with Gasteiger partial charge in [0, 0.05) is 18.8 Å². The maximum atomic E-state index is 13.1. The summed E-state index contributed by atoms with van der Waals surface area (Å²) in [6, 6.07) is 11.4. The van der Waals surface area contributed by atoms with Gasteiger partial charge in [0.15, 0.2) is 0 Å². The monoisotopic (exact) mass is 420 g/mol. The second-order valence-electron chi connectivity index (χ2n) is 6.27. The Labute approximate surface area is 170 Å². The smallest absolute Gasteiger partial charge is 0.259 e. The van der Waals surface area contributed by atoms with Crippen LogP contribution in [0.2, 0.25) is 0 Å². The molecule has 2 aromatic rings. The molecule has 1 heterocycles. The molecule has 1 aliphatic rings. The van der Waals surface area contributed by atoms with Gasteiger partial charge in [-0.3, -0.25) is 4.79 Å². The van der Waals surface area contributed by atoms with E-state index in [1.165, 1.54) is 17.5 Å². The van der Waals surface area contributed by atoms with Crippen molar-refractivity contribution < 1.29 is 27.4 Å². The Morgan fingerprint density at radius 1 is 1.14 bits per heavy atom. The van der Waals surface area contributed by atoms with Crippen molar-refractivity contribution in [2.24, 2.45) is 0 Å². The van der Waals surface area contributed by atoms with Gasteiger partial charge in [-0.25, -0.2) is 8.42 Å². The number of carbonyl (C=O) groups excluding carboxylic acids is 1. The first-order chi connectivity index (χ1) is 14.0. The molecule has 156 valence electrons. The number of anilines is 1. The molecule has 9 heteroatoms. The third-order valence-electron chi connectivity index (χ3n) is 4.44. The zero-order valence-electron chi connectivity index (χ0n) is 16.4. The predicted molar refractivity (Wildman–Crippen MR) is 108 cm³/mol. The maximum Gasteiger partial charge on any atom is 0.259 e. The zero-order valence-corrected chi connectivity index (χ0v) is 17.2. The van der Waals surface area contributed by atoms with Crippen LogP contribution >= 0.6 is 0 Å². The van der Waals surface area contributed by atoms with Crippen LogP contribution in [0.1, 0.15) is 17.3 Å². The molecule has 3 rings (SSSR count). The average molecular weight is 420 g/mol. The van der Waals surface area contributed by atoms with Gasteiger partial charge in [-0.1, -0.05) is 12.1 Å². The lowest BCUT2D eigenvalue weighted by atomic mass is 10.2. The van der Waals surface area contributed by atoms with Gasteiger partial charge in [0.2, 0.25) is 10.0 Å². The summed E-state index contributed by atoms with van der Waals surface area (Å²) in [5.74, 6) is 0.271. The number of nitrogens with zero attached hydrogens (tertiary/aromatic N) is 1. The van der Waals surface area contributed by atoms with Crippen LogP contribution in [0.25, 0.3) is 0 Å². The Hall–Kier alpha value is -2.62. The second kappa shape index (κ2) is 9.25. The van der Waals surface area contributed by atoms with E-state index < -0.39 is 15.9 Å². The molecule has 1 amide bonds. The van der Waals surface area contributed by atoms with Crippen LogP contribution in [-0.2, 0) is 14.8 Å². The van der Waals surface area contributed by atoms with Crippen LogP contribution in [0.5, 0.6) is 11.5 Å². The largest absolute Gasteiger partial charge is 0.496 e. The number of hydrogen-bond donors (Lipinski definition) is 1. The molecule has 1 fully saturated rings. The lowest BCUT2D eigenvalue weighted by Crippen LogP contribution is -2.40. The van der Waals surface area contributed by atoms with E-state index in [2.05, 4.69) is 5.32 Å². The van der Waals surface area contributed by atoms with Crippen LogP contribution in [0.15, 0.2) is 47.4 Å². The normalized spacial score (nSPS) is 15.0. The Balaban J connectivity index is 1.93. The molecule has 0 aliphatic carbocycles. The van der Waals surface area contributed by atoms with Crippen molar-refractivity contribution in [3.8, 4) is 11.5 Å². The number of ether oxygens (including phenoxy) is 3. The SMILES string of the molecule is CCOc1ccc(NC(=O)c2ccccc2OC)cc1S(=O)(=O)N1CCOCC1. The van der Waals surface area contributed by atoms with Crippen LogP contribution in [0, 0.1) is 0 Å². The topological polar surface area (TPSA) is 94.2 Å². The molecule has 1 aliphatic heterocycles. The first kappa shape index (κ1) is 21.1. The van der Waals surface area contributed by atoms with Gasteiger partial charge in [-0.15, -0.1) is 0 Å². The fraction of sp³-hybridized carbons (Fsp3) is 0.350. The van der Waals surface area contributed by atoms with E-state index in [0.717, 1.165) is 0 Å². The first-order valence-corrected chi connectivity index (χ1v) is 10.7. The van der Waals surface area contributed by atoms with Crippen molar-refractivity contribution in [1.82, 2.24) is 4.31 Å². The van der Waals surface area contributed by atoms with Gasteiger partial charge in [-0.2, -0.15) is 4.31 Å². The summed E-state index contributed by atoms with van der Waals surface area (Å²) in [7, 11) is -2.32. The van der Waals surface area contributed by atoms with Crippen molar-refractivity contribution in [3.05, 3.63) is 48.0 Å². The Morgan fingerprint density at radius 2 is 1.86 bits per heavy atom. The average Bonchev–Trinajstić information content (AvgIpc) is 2.75. The molecule has 0 radical (unpaired) electrons. The minimum absolute atomic E-state index is 0.0130. The van der Waals surface area contributed by atoms with Crippen LogP contribution in [0.3, 0.4) is 0 Å². The van der Waals surface area contributed by atoms with Gasteiger partial charge < -0.3 is 19.5 Å². The number of rotatable bonds is 7. The molecule has 0 spiro atoms. The van der Waals surface area contributed by atoms with E-state index in [-0.39, 0.29) is 23.7 Å². The molecule has 1 N–H and O–H groups in total. The van der Waals surface area contributed by atoms with E-state index in [1.807, 2.05) is 0 Å². The van der Waals surface area contributed by atoms with E-state index in [4.69, 9.17) is 14.2 Å². The highest BCUT2D eigenvalue weighted by atomic mass is 32.2. The molecule has 1 saturated heterocycles. The lowest BCUT2D eigenvalue weighted by Gasteiger charge is -2.27. The van der Waals surface area contributed by atoms with Crippen LogP contribution in [-0.4, -0.2) is 58.7 Å². The highest BCUT2D eigenvalue weighted by molar-refractivity contribution is 7.89. The molecule has 0 bridgehead atoms. The zero-order chi connectivity index (χ0) is 20.9. The number of benzene rings is 2. The Bertz CT molecular complexity index is 971. The van der Waals surface area contributed by atoms with Crippen LogP contribution in [0.4, 0.5) is 5.69 Å². The molecule has 0 atom stereocenters. The maximum absolute atomic E-state index is 13.1. The van der Waals surface area contributed by atoms with Gasteiger partial charge in [0.1, 0.15) is 16.4 Å². The number of sulfonamides is 1. The quantitative estimate of drug-likeness (QED) is 0.739. The molecule has 0 aromatic heterocycles. The van der Waals surface area contributed by atoms with E-state index >= 15 is 0 Å². The summed E-state index contributed by atoms with van der Waals surface area (Å²) in [5, 5.41) is 2.74. The fourth-order valence-corrected chi connectivity index (χ4v) is 4.58. The number of hydrogen-bond acceptors (Lipinski definition) is 6. The van der Waals surface area contributed by atoms with E-state index in [9.17, 15) is 13.2 Å². The Kier molecular flexibility index (Phi) is 6.73. The minimum Gasteiger partial charge on any atom is -0.496 e. The molecular formula is C20H24N2O6S. The minimum atomic E-state index is -3.80. The van der Waals surface area contributed by atoms with Crippen molar-refractivity contribution in [2.45, 2.75) is 11.8 Å². The molecule has 2 aromatic carbocycles. The van der Waals surface area contributed by atoms with Gasteiger partial charge in [-0.05, 0) is 37.3 Å². The standard InChI is InChI=1S/C20H24N2O6S/c1-3-28-18-9-8-15(21-20(23)16-6-4-5-7-17(16)26-2)14-19(18)29(24,25)22-10-12-27-13-11-22/h4-9,14H,3,10-13H2,1-2H3,(H,21,23). The van der Waals surface area contributed by atoms with Gasteiger partial charge in [0.25, 0.3) is 5.91 Å². The summed E-state index contributed by atoms with van der Waals surface area (Å²) < 4.78 is 43.7. The first-order valence-electron chi connectivity index (χ1n) is 9.26. The summed E-state index contributed by atoms with van der Waals surface area (Å²) in [6.07, 6.45) is 0. The van der Waals surface area contributed by atoms with Crippen molar-refractivity contribution in [2.75, 3.05) is 45.3 Å². The van der Waals surface area contributed by atoms with Crippen molar-refractivity contribution in [1.29, 1.82) is 0 Å². The summed E-state index contributed by atoms with van der Waals surface area (Å²) in [6.45, 7) is 3.32. The van der Waals surface area contributed by atoms with E-state index in [0.29, 0.717) is 36.8 Å². The molecule has 0 saturated carbocycles. The number of amides is 1. The molecular weight excluding hydrogens is 396 g/mol. The third kappa shape index (κ3) is 4.69. The van der Waals surface area contributed by atoms with Crippen molar-refractivity contribution >= 4 is 21.6 Å². The highest BCUT2D eigenvalue weighted by Gasteiger charge is 2.30. The number of carbonyl (C=O) groups is 1. The lowest BCUT2D eigenvalue weighted by molar-refractivity contribution is 0.0729. The second-order valence-corrected chi connectivity index (χ2v) is 8.17. The van der Waals surface area contributed by atoms with Crippen molar-refractivity contribution in [3.63, 3.8) is 0 Å². The number of methoxy groups -OCH3 is 1. The number of nitrogens with one attached hydrogen (secondary N) is 1. The third-order valence-corrected chi connectivity index (χ3v) is 6.36. The summed E-state index contributed by atoms with van der Waals surface area (Å²) in [4.78, 5) is 12.7. The van der Waals surface area contributed by atoms with E-state index in [1.54, 1.807) is 43.3 Å². The highest BCUT2D eigenvalue weighted by Crippen LogP contribution is 2.31. The predicted octanol–water partition coefficient (Wildman–Crippen LogP) is 2.37. The molecule has 8 nitrogen and oxygen atoms in total. The number of para-hydroxylation sites is 1. The number of morpholine rings is 1. The Morgan fingerprint density at radius 3 is 2.55 bits per heavy atom. The fourth-order valence-electron chi connectivity index (χ4n) is 3.02. The van der Waals surface area contributed by atoms with Gasteiger partial charge in [0.05, 0.1) is 32.5 Å². The summed E-state index contributed by atoms with van der Waals surface area (Å²) in [5.41, 5.74) is 0.692. The molecule has 29 heavy (non-hydrogen) atoms. The van der Waals surface area contributed by atoms with Gasteiger partial charge >= 0.3 is 0 Å². The molecule has 0 unspecified atom stereocenters. The van der Waals surface area contributed by atoms with Crippen LogP contribution < -0.4 is 14.8 Å². The summed E-state index contributed by atoms with van der Waals surface area (Å²) >= 11 is 0.